The van der Waals surface area contributed by atoms with Gasteiger partial charge < -0.3 is 10.4 Å². The number of hydrogen-bond acceptors (Lipinski definition) is 5. The maximum absolute atomic E-state index is 11.9. The molecule has 1 amide bonds. The summed E-state index contributed by atoms with van der Waals surface area (Å²) in [6.45, 7) is 3.47. The van der Waals surface area contributed by atoms with Gasteiger partial charge in [0.05, 0.1) is 14.7 Å². The molecular weight excluding hydrogens is 284 g/mol. The molecule has 0 saturated heterocycles. The predicted octanol–water partition coefficient (Wildman–Crippen LogP) is 2.34. The van der Waals surface area contributed by atoms with Crippen LogP contribution in [0.15, 0.2) is 6.07 Å². The number of thiophene rings is 1. The van der Waals surface area contributed by atoms with E-state index in [0.29, 0.717) is 17.7 Å². The molecule has 7 nitrogen and oxygen atoms in total. The van der Waals surface area contributed by atoms with Crippen molar-refractivity contribution in [2.24, 2.45) is 0 Å². The van der Waals surface area contributed by atoms with Gasteiger partial charge in [0.25, 0.3) is 11.6 Å². The van der Waals surface area contributed by atoms with Gasteiger partial charge in [0.1, 0.15) is 6.04 Å². The number of aliphatic carboxylic acids is 1. The second-order valence-electron chi connectivity index (χ2n) is 4.32. The van der Waals surface area contributed by atoms with E-state index < -0.39 is 22.8 Å². The molecule has 1 heterocycles. The second kappa shape index (κ2) is 6.99. The van der Waals surface area contributed by atoms with Crippen LogP contribution in [0.5, 0.6) is 0 Å². The average molecular weight is 300 g/mol. The molecule has 1 atom stereocenters. The van der Waals surface area contributed by atoms with Crippen molar-refractivity contribution in [1.82, 2.24) is 5.32 Å². The topological polar surface area (TPSA) is 110 Å². The van der Waals surface area contributed by atoms with Gasteiger partial charge in [-0.2, -0.15) is 0 Å². The molecule has 1 aromatic heterocycles. The molecule has 1 rings (SSSR count). The van der Waals surface area contributed by atoms with Crippen molar-refractivity contribution in [2.45, 2.75) is 39.2 Å². The van der Waals surface area contributed by atoms with Gasteiger partial charge >= 0.3 is 5.97 Å². The van der Waals surface area contributed by atoms with Crippen molar-refractivity contribution < 1.29 is 19.6 Å². The fraction of sp³-hybridized carbons (Fsp3) is 0.500. The molecule has 0 spiro atoms. The molecule has 8 heteroatoms. The van der Waals surface area contributed by atoms with E-state index >= 15 is 0 Å². The Hall–Kier alpha value is -1.96. The number of carboxylic acid groups (broad SMARTS) is 1. The van der Waals surface area contributed by atoms with Gasteiger partial charge in [0, 0.05) is 6.07 Å². The number of carbonyl (C=O) groups excluding carboxylic acids is 1. The van der Waals surface area contributed by atoms with Crippen molar-refractivity contribution in [3.05, 3.63) is 25.9 Å². The van der Waals surface area contributed by atoms with E-state index in [2.05, 4.69) is 5.32 Å². The predicted molar refractivity (Wildman–Crippen MR) is 74.1 cm³/mol. The maximum Gasteiger partial charge on any atom is 0.326 e. The number of nitrogens with zero attached hydrogens (tertiary/aromatic N) is 1. The van der Waals surface area contributed by atoms with E-state index in [4.69, 9.17) is 5.11 Å². The van der Waals surface area contributed by atoms with E-state index in [9.17, 15) is 19.7 Å². The Bertz CT molecular complexity index is 526. The van der Waals surface area contributed by atoms with Crippen LogP contribution in [0.1, 0.15) is 40.7 Å². The molecular formula is C12H16N2O5S. The molecule has 0 aliphatic carbocycles. The third-order valence-electron chi connectivity index (χ3n) is 2.76. The third kappa shape index (κ3) is 4.02. The van der Waals surface area contributed by atoms with Crippen LogP contribution < -0.4 is 5.32 Å². The summed E-state index contributed by atoms with van der Waals surface area (Å²) < 4.78 is 0. The van der Waals surface area contributed by atoms with Crippen LogP contribution in [0.2, 0.25) is 0 Å². The number of hydrogen-bond donors (Lipinski definition) is 2. The van der Waals surface area contributed by atoms with E-state index in [1.807, 2.05) is 6.92 Å². The molecule has 20 heavy (non-hydrogen) atoms. The van der Waals surface area contributed by atoms with Gasteiger partial charge in [0.15, 0.2) is 0 Å². The van der Waals surface area contributed by atoms with Crippen LogP contribution in [-0.2, 0) is 4.79 Å². The lowest BCUT2D eigenvalue weighted by Crippen LogP contribution is -2.40. The SMILES string of the molecule is CCCC[C@H](NC(=O)c1cc([N+](=O)[O-])c(C)s1)C(=O)O. The first-order valence-electron chi connectivity index (χ1n) is 6.15. The van der Waals surface area contributed by atoms with E-state index in [1.165, 1.54) is 6.07 Å². The Morgan fingerprint density at radius 3 is 2.65 bits per heavy atom. The number of amides is 1. The smallest absolute Gasteiger partial charge is 0.326 e. The summed E-state index contributed by atoms with van der Waals surface area (Å²) in [5, 5.41) is 22.1. The molecule has 2 N–H and O–H groups in total. The summed E-state index contributed by atoms with van der Waals surface area (Å²) in [5.41, 5.74) is -0.124. The second-order valence-corrected chi connectivity index (χ2v) is 5.57. The minimum Gasteiger partial charge on any atom is -0.480 e. The highest BCUT2D eigenvalue weighted by Crippen LogP contribution is 2.28. The van der Waals surface area contributed by atoms with Gasteiger partial charge in [-0.05, 0) is 13.3 Å². The van der Waals surface area contributed by atoms with E-state index in [0.717, 1.165) is 17.8 Å². The Balaban J connectivity index is 2.81. The Morgan fingerprint density at radius 1 is 1.55 bits per heavy atom. The van der Waals surface area contributed by atoms with Crippen molar-refractivity contribution in [1.29, 1.82) is 0 Å². The molecule has 0 aliphatic rings. The molecule has 0 unspecified atom stereocenters. The van der Waals surface area contributed by atoms with E-state index in [1.54, 1.807) is 6.92 Å². The molecule has 110 valence electrons. The Labute approximate surface area is 119 Å². The number of carbonyl (C=O) groups is 2. The zero-order valence-electron chi connectivity index (χ0n) is 11.2. The van der Waals surface area contributed by atoms with Crippen LogP contribution in [-0.4, -0.2) is 27.9 Å². The summed E-state index contributed by atoms with van der Waals surface area (Å²) in [4.78, 5) is 33.7. The van der Waals surface area contributed by atoms with Crippen LogP contribution >= 0.6 is 11.3 Å². The molecule has 0 aliphatic heterocycles. The zero-order chi connectivity index (χ0) is 15.3. The molecule has 0 saturated carbocycles. The fourth-order valence-electron chi connectivity index (χ4n) is 1.66. The van der Waals surface area contributed by atoms with Crippen LogP contribution in [0.3, 0.4) is 0 Å². The number of carboxylic acids is 1. The van der Waals surface area contributed by atoms with Gasteiger partial charge in [0.2, 0.25) is 0 Å². The summed E-state index contributed by atoms with van der Waals surface area (Å²) in [7, 11) is 0. The molecule has 0 fully saturated rings. The lowest BCUT2D eigenvalue weighted by atomic mass is 10.1. The highest BCUT2D eigenvalue weighted by atomic mass is 32.1. The largest absolute Gasteiger partial charge is 0.480 e. The normalized spacial score (nSPS) is 11.9. The highest BCUT2D eigenvalue weighted by Gasteiger charge is 2.24. The average Bonchev–Trinajstić information content (AvgIpc) is 2.76. The number of aryl methyl sites for hydroxylation is 1. The first kappa shape index (κ1) is 16.1. The Morgan fingerprint density at radius 2 is 2.20 bits per heavy atom. The summed E-state index contributed by atoms with van der Waals surface area (Å²) in [6, 6.07) is 0.206. The van der Waals surface area contributed by atoms with Crippen LogP contribution in [0, 0.1) is 17.0 Å². The van der Waals surface area contributed by atoms with Crippen molar-refractivity contribution in [3.63, 3.8) is 0 Å². The fourth-order valence-corrected chi connectivity index (χ4v) is 2.55. The first-order chi connectivity index (χ1) is 9.36. The summed E-state index contributed by atoms with van der Waals surface area (Å²) in [6.07, 6.45) is 1.84. The number of unbranched alkanes of at least 4 members (excludes halogenated alkanes) is 1. The Kier molecular flexibility index (Phi) is 5.63. The third-order valence-corrected chi connectivity index (χ3v) is 3.80. The number of nitrogens with one attached hydrogen (secondary N) is 1. The minimum absolute atomic E-state index is 0.124. The zero-order valence-corrected chi connectivity index (χ0v) is 12.0. The molecule has 0 radical (unpaired) electrons. The van der Waals surface area contributed by atoms with Crippen molar-refractivity contribution in [2.75, 3.05) is 0 Å². The van der Waals surface area contributed by atoms with E-state index in [-0.39, 0.29) is 10.6 Å². The summed E-state index contributed by atoms with van der Waals surface area (Å²) >= 11 is 0.982. The van der Waals surface area contributed by atoms with Crippen molar-refractivity contribution in [3.8, 4) is 0 Å². The number of rotatable bonds is 7. The molecule has 1 aromatic rings. The highest BCUT2D eigenvalue weighted by molar-refractivity contribution is 7.14. The number of nitro groups is 1. The standard InChI is InChI=1S/C12H16N2O5S/c1-3-4-5-8(12(16)17)13-11(15)10-6-9(14(18)19)7(2)20-10/h6,8H,3-5H2,1-2H3,(H,13,15)(H,16,17)/t8-/m0/s1. The van der Waals surface area contributed by atoms with Gasteiger partial charge in [-0.3, -0.25) is 14.9 Å². The first-order valence-corrected chi connectivity index (χ1v) is 6.97. The van der Waals surface area contributed by atoms with Crippen LogP contribution in [0.4, 0.5) is 5.69 Å². The van der Waals surface area contributed by atoms with Gasteiger partial charge in [-0.1, -0.05) is 19.8 Å². The van der Waals surface area contributed by atoms with Gasteiger partial charge in [-0.25, -0.2) is 4.79 Å². The maximum atomic E-state index is 11.9. The minimum atomic E-state index is -1.10. The monoisotopic (exact) mass is 300 g/mol. The quantitative estimate of drug-likeness (QED) is 0.593. The van der Waals surface area contributed by atoms with Crippen LogP contribution in [0.25, 0.3) is 0 Å². The lowest BCUT2D eigenvalue weighted by molar-refractivity contribution is -0.385. The summed E-state index contributed by atoms with van der Waals surface area (Å²) in [5.74, 6) is -1.69. The molecule has 0 aromatic carbocycles. The molecule has 0 bridgehead atoms. The van der Waals surface area contributed by atoms with Crippen molar-refractivity contribution >= 4 is 28.9 Å². The van der Waals surface area contributed by atoms with Gasteiger partial charge in [-0.15, -0.1) is 11.3 Å². The lowest BCUT2D eigenvalue weighted by Gasteiger charge is -2.13.